The van der Waals surface area contributed by atoms with Gasteiger partial charge in [0.1, 0.15) is 5.15 Å². The number of pyridine rings is 1. The van der Waals surface area contributed by atoms with Crippen molar-refractivity contribution in [2.24, 2.45) is 0 Å². The summed E-state index contributed by atoms with van der Waals surface area (Å²) >= 11 is 5.81. The molecule has 0 aliphatic rings. The Bertz CT molecular complexity index is 717. The van der Waals surface area contributed by atoms with Crippen molar-refractivity contribution in [3.63, 3.8) is 0 Å². The summed E-state index contributed by atoms with van der Waals surface area (Å²) in [6.07, 6.45) is 0.525. The van der Waals surface area contributed by atoms with Crippen molar-refractivity contribution >= 4 is 34.5 Å². The maximum absolute atomic E-state index is 11.2. The van der Waals surface area contributed by atoms with Crippen LogP contribution in [0.2, 0.25) is 5.15 Å². The highest BCUT2D eigenvalue weighted by Crippen LogP contribution is 2.42. The van der Waals surface area contributed by atoms with Crippen molar-refractivity contribution in [2.75, 3.05) is 14.2 Å². The van der Waals surface area contributed by atoms with Crippen LogP contribution in [0.3, 0.4) is 0 Å². The van der Waals surface area contributed by atoms with Crippen LogP contribution >= 0.6 is 11.6 Å². The van der Waals surface area contributed by atoms with E-state index in [0.717, 1.165) is 0 Å². The van der Waals surface area contributed by atoms with E-state index >= 15 is 0 Å². The van der Waals surface area contributed by atoms with Gasteiger partial charge in [-0.1, -0.05) is 11.6 Å². The smallest absolute Gasteiger partial charge is 0.340 e. The average molecular weight is 297 g/mol. The first-order chi connectivity index (χ1) is 9.53. The molecule has 0 spiro atoms. The maximum atomic E-state index is 11.2. The second-order valence-corrected chi connectivity index (χ2v) is 4.13. The predicted molar refractivity (Wildman–Crippen MR) is 71.9 cm³/mol. The molecule has 0 atom stereocenters. The van der Waals surface area contributed by atoms with Gasteiger partial charge in [0.05, 0.1) is 24.7 Å². The minimum absolute atomic E-state index is 0.0308. The van der Waals surface area contributed by atoms with Gasteiger partial charge in [0, 0.05) is 5.39 Å². The molecule has 0 saturated carbocycles. The first-order valence-electron chi connectivity index (χ1n) is 5.38. The van der Waals surface area contributed by atoms with Crippen LogP contribution in [0.15, 0.2) is 12.1 Å². The van der Waals surface area contributed by atoms with Crippen LogP contribution in [0, 0.1) is 10.1 Å². The number of aldehydes is 1. The first-order valence-corrected chi connectivity index (χ1v) is 5.76. The van der Waals surface area contributed by atoms with Crippen molar-refractivity contribution in [2.45, 2.75) is 0 Å². The van der Waals surface area contributed by atoms with Gasteiger partial charge in [0.15, 0.2) is 17.6 Å². The van der Waals surface area contributed by atoms with E-state index in [9.17, 15) is 14.9 Å². The molecule has 0 unspecified atom stereocenters. The molecule has 7 nitrogen and oxygen atoms in total. The Morgan fingerprint density at radius 3 is 2.55 bits per heavy atom. The van der Waals surface area contributed by atoms with Crippen LogP contribution in [0.1, 0.15) is 10.4 Å². The first kappa shape index (κ1) is 14.0. The topological polar surface area (TPSA) is 91.6 Å². The lowest BCUT2D eigenvalue weighted by Crippen LogP contribution is -2.00. The number of fused-ring (bicyclic) bond motifs is 1. The molecule has 1 heterocycles. The molecule has 104 valence electrons. The molecule has 2 rings (SSSR count). The van der Waals surface area contributed by atoms with Crippen LogP contribution in [0.5, 0.6) is 11.5 Å². The summed E-state index contributed by atoms with van der Waals surface area (Å²) in [6.45, 7) is 0. The highest BCUT2D eigenvalue weighted by atomic mass is 35.5. The van der Waals surface area contributed by atoms with Crippen LogP contribution in [0.25, 0.3) is 10.9 Å². The van der Waals surface area contributed by atoms with E-state index in [-0.39, 0.29) is 33.4 Å². The summed E-state index contributed by atoms with van der Waals surface area (Å²) in [5.41, 5.74) is -0.190. The quantitative estimate of drug-likeness (QED) is 0.373. The van der Waals surface area contributed by atoms with Crippen LogP contribution in [0.4, 0.5) is 5.69 Å². The number of nitro groups is 1. The van der Waals surface area contributed by atoms with E-state index in [0.29, 0.717) is 11.7 Å². The largest absolute Gasteiger partial charge is 0.493 e. The zero-order valence-electron chi connectivity index (χ0n) is 10.5. The van der Waals surface area contributed by atoms with Gasteiger partial charge in [-0.25, -0.2) is 4.98 Å². The molecule has 0 aliphatic heterocycles. The lowest BCUT2D eigenvalue weighted by molar-refractivity contribution is -0.384. The molecule has 1 aromatic heterocycles. The van der Waals surface area contributed by atoms with Gasteiger partial charge in [-0.15, -0.1) is 0 Å². The van der Waals surface area contributed by atoms with Gasteiger partial charge < -0.3 is 9.47 Å². The second kappa shape index (κ2) is 5.30. The summed E-state index contributed by atoms with van der Waals surface area (Å²) in [4.78, 5) is 25.4. The Labute approximate surface area is 118 Å². The molecule has 8 heteroatoms. The SMILES string of the molecule is COc1cc2cc(C=O)c(Cl)nc2c([N+](=O)[O-])c1OC. The molecular formula is C12H9ClN2O5. The number of nitrogens with zero attached hydrogens (tertiary/aromatic N) is 2. The summed E-state index contributed by atoms with van der Waals surface area (Å²) in [7, 11) is 2.65. The predicted octanol–water partition coefficient (Wildman–Crippen LogP) is 2.63. The van der Waals surface area contributed by atoms with Crippen molar-refractivity contribution in [3.8, 4) is 11.5 Å². The summed E-state index contributed by atoms with van der Waals surface area (Å²) in [5.74, 6) is 0.125. The fourth-order valence-electron chi connectivity index (χ4n) is 1.85. The maximum Gasteiger partial charge on any atom is 0.340 e. The monoisotopic (exact) mass is 296 g/mol. The molecule has 0 saturated heterocycles. The fourth-order valence-corrected chi connectivity index (χ4v) is 2.04. The number of carbonyl (C=O) groups is 1. The number of rotatable bonds is 4. The number of aromatic nitrogens is 1. The van der Waals surface area contributed by atoms with Crippen LogP contribution in [-0.2, 0) is 0 Å². The number of nitro benzene ring substituents is 1. The number of hydrogen-bond donors (Lipinski definition) is 0. The van der Waals surface area contributed by atoms with Crippen molar-refractivity contribution in [1.29, 1.82) is 0 Å². The highest BCUT2D eigenvalue weighted by Gasteiger charge is 2.26. The number of hydrogen-bond acceptors (Lipinski definition) is 6. The van der Waals surface area contributed by atoms with Gasteiger partial charge in [-0.3, -0.25) is 14.9 Å². The van der Waals surface area contributed by atoms with Crippen molar-refractivity contribution in [3.05, 3.63) is 33.0 Å². The Balaban J connectivity index is 2.96. The Morgan fingerprint density at radius 1 is 1.35 bits per heavy atom. The van der Waals surface area contributed by atoms with E-state index < -0.39 is 4.92 Å². The number of carbonyl (C=O) groups excluding carboxylic acids is 1. The molecule has 0 amide bonds. The standard InChI is InChI=1S/C12H9ClN2O5/c1-19-8-4-6-3-7(5-16)12(13)14-9(6)10(15(17)18)11(8)20-2/h3-5H,1-2H3. The molecule has 0 bridgehead atoms. The van der Waals surface area contributed by atoms with Gasteiger partial charge in [0.2, 0.25) is 5.75 Å². The van der Waals surface area contributed by atoms with Crippen molar-refractivity contribution in [1.82, 2.24) is 4.98 Å². The van der Waals surface area contributed by atoms with Gasteiger partial charge in [0.25, 0.3) is 0 Å². The van der Waals surface area contributed by atoms with Crippen LogP contribution < -0.4 is 9.47 Å². The van der Waals surface area contributed by atoms with Crippen molar-refractivity contribution < 1.29 is 19.2 Å². The zero-order valence-corrected chi connectivity index (χ0v) is 11.3. The third-order valence-corrected chi connectivity index (χ3v) is 3.02. The fraction of sp³-hybridized carbons (Fsp3) is 0.167. The molecule has 1 aromatic carbocycles. The van der Waals surface area contributed by atoms with Crippen LogP contribution in [-0.4, -0.2) is 30.4 Å². The van der Waals surface area contributed by atoms with E-state index in [1.807, 2.05) is 0 Å². The third-order valence-electron chi connectivity index (χ3n) is 2.72. The highest BCUT2D eigenvalue weighted by molar-refractivity contribution is 6.32. The lowest BCUT2D eigenvalue weighted by atomic mass is 10.1. The number of ether oxygens (including phenoxy) is 2. The average Bonchev–Trinajstić information content (AvgIpc) is 2.44. The molecular weight excluding hydrogens is 288 g/mol. The Hall–Kier alpha value is -2.41. The minimum atomic E-state index is -0.631. The number of benzene rings is 1. The Morgan fingerprint density at radius 2 is 2.05 bits per heavy atom. The van der Waals surface area contributed by atoms with E-state index in [1.165, 1.54) is 26.4 Å². The van der Waals surface area contributed by atoms with Gasteiger partial charge in [-0.05, 0) is 12.1 Å². The normalized spacial score (nSPS) is 10.3. The molecule has 0 N–H and O–H groups in total. The van der Waals surface area contributed by atoms with E-state index in [2.05, 4.69) is 4.98 Å². The van der Waals surface area contributed by atoms with Gasteiger partial charge in [-0.2, -0.15) is 0 Å². The molecule has 0 radical (unpaired) electrons. The third kappa shape index (κ3) is 2.12. The van der Waals surface area contributed by atoms with E-state index in [1.54, 1.807) is 0 Å². The molecule has 0 fully saturated rings. The summed E-state index contributed by atoms with van der Waals surface area (Å²) in [5, 5.41) is 11.5. The Kier molecular flexibility index (Phi) is 3.71. The summed E-state index contributed by atoms with van der Waals surface area (Å²) in [6, 6.07) is 2.91. The molecule has 2 aromatic rings. The molecule has 0 aliphatic carbocycles. The lowest BCUT2D eigenvalue weighted by Gasteiger charge is -2.10. The van der Waals surface area contributed by atoms with Gasteiger partial charge >= 0.3 is 5.69 Å². The number of methoxy groups -OCH3 is 2. The number of halogens is 1. The van der Waals surface area contributed by atoms with E-state index in [4.69, 9.17) is 21.1 Å². The second-order valence-electron chi connectivity index (χ2n) is 3.78. The molecule has 20 heavy (non-hydrogen) atoms. The minimum Gasteiger partial charge on any atom is -0.493 e. The summed E-state index contributed by atoms with van der Waals surface area (Å²) < 4.78 is 10.1. The zero-order chi connectivity index (χ0) is 14.9.